The van der Waals surface area contributed by atoms with Crippen LogP contribution in [0.1, 0.15) is 136 Å². The normalized spacial score (nSPS) is 11.6. The first-order chi connectivity index (χ1) is 13.7. The molecule has 0 radical (unpaired) electrons. The molecule has 0 saturated heterocycles. The number of nitrogens with one attached hydrogen (secondary N) is 1. The lowest BCUT2D eigenvalue weighted by atomic mass is 10.0. The van der Waals surface area contributed by atoms with Crippen molar-refractivity contribution in [2.75, 3.05) is 0 Å². The first-order valence-corrected chi connectivity index (χ1v) is 12.8. The molecule has 1 rings (SSSR count). The number of aromatic nitrogens is 2. The van der Waals surface area contributed by atoms with Gasteiger partial charge in [-0.25, -0.2) is 9.55 Å². The van der Waals surface area contributed by atoms with Gasteiger partial charge >= 0.3 is 0 Å². The van der Waals surface area contributed by atoms with Gasteiger partial charge in [0.15, 0.2) is 0 Å². The van der Waals surface area contributed by atoms with Crippen molar-refractivity contribution in [1.82, 2.24) is 4.98 Å². The lowest BCUT2D eigenvalue weighted by molar-refractivity contribution is -0.703. The molecule has 0 amide bonds. The Kier molecular flexibility index (Phi) is 16.5. The number of aryl methyl sites for hydroxylation is 2. The first-order valence-electron chi connectivity index (χ1n) is 12.8. The zero-order chi connectivity index (χ0) is 20.3. The molecule has 0 spiro atoms. The van der Waals surface area contributed by atoms with Crippen LogP contribution in [0, 0.1) is 5.92 Å². The second kappa shape index (κ2) is 18.3. The van der Waals surface area contributed by atoms with Crippen molar-refractivity contribution in [3.63, 3.8) is 0 Å². The second-order valence-electron chi connectivity index (χ2n) is 9.34. The molecule has 1 heterocycles. The van der Waals surface area contributed by atoms with Crippen molar-refractivity contribution in [1.29, 1.82) is 0 Å². The van der Waals surface area contributed by atoms with Gasteiger partial charge in [-0.05, 0) is 25.2 Å². The molecule has 2 heteroatoms. The van der Waals surface area contributed by atoms with Gasteiger partial charge in [0, 0.05) is 6.42 Å². The van der Waals surface area contributed by atoms with Crippen molar-refractivity contribution in [3.8, 4) is 0 Å². The number of hydrogen-bond acceptors (Lipinski definition) is 0. The maximum atomic E-state index is 3.43. The van der Waals surface area contributed by atoms with Crippen LogP contribution in [0.3, 0.4) is 0 Å². The van der Waals surface area contributed by atoms with Crippen LogP contribution in [0.4, 0.5) is 0 Å². The average molecular weight is 392 g/mol. The maximum absolute atomic E-state index is 3.43. The minimum Gasteiger partial charge on any atom is -0.248 e. The van der Waals surface area contributed by atoms with Gasteiger partial charge in [0.25, 0.3) is 5.82 Å². The molecule has 28 heavy (non-hydrogen) atoms. The van der Waals surface area contributed by atoms with Crippen LogP contribution < -0.4 is 4.57 Å². The van der Waals surface area contributed by atoms with Crippen LogP contribution in [0.2, 0.25) is 0 Å². The van der Waals surface area contributed by atoms with Gasteiger partial charge in [0.05, 0.1) is 6.54 Å². The Morgan fingerprint density at radius 2 is 1.18 bits per heavy atom. The molecule has 1 aromatic rings. The van der Waals surface area contributed by atoms with Crippen LogP contribution in [-0.2, 0) is 13.0 Å². The van der Waals surface area contributed by atoms with Crippen LogP contribution in [0.15, 0.2) is 12.4 Å². The molecule has 0 bridgehead atoms. The highest BCUT2D eigenvalue weighted by molar-refractivity contribution is 4.77. The smallest absolute Gasteiger partial charge is 0.248 e. The Morgan fingerprint density at radius 1 is 0.714 bits per heavy atom. The van der Waals surface area contributed by atoms with Crippen molar-refractivity contribution in [2.45, 2.75) is 143 Å². The van der Waals surface area contributed by atoms with E-state index in [1.165, 1.54) is 128 Å². The molecule has 0 aliphatic rings. The minimum absolute atomic E-state index is 0.785. The molecule has 1 N–H and O–H groups in total. The second-order valence-corrected chi connectivity index (χ2v) is 9.34. The third-order valence-corrected chi connectivity index (χ3v) is 6.06. The molecule has 0 aromatic carbocycles. The van der Waals surface area contributed by atoms with E-state index in [2.05, 4.69) is 42.7 Å². The van der Waals surface area contributed by atoms with Crippen LogP contribution in [0.5, 0.6) is 0 Å². The van der Waals surface area contributed by atoms with E-state index in [4.69, 9.17) is 0 Å². The van der Waals surface area contributed by atoms with Gasteiger partial charge in [0.1, 0.15) is 12.4 Å². The Morgan fingerprint density at radius 3 is 1.64 bits per heavy atom. The van der Waals surface area contributed by atoms with Gasteiger partial charge in [-0.2, -0.15) is 0 Å². The van der Waals surface area contributed by atoms with E-state index in [-0.39, 0.29) is 0 Å². The number of aromatic amines is 1. The number of hydrogen-bond donors (Lipinski definition) is 1. The van der Waals surface area contributed by atoms with E-state index in [1.54, 1.807) is 0 Å². The highest BCUT2D eigenvalue weighted by Crippen LogP contribution is 2.13. The zero-order valence-corrected chi connectivity index (χ0v) is 19.6. The van der Waals surface area contributed by atoms with E-state index in [9.17, 15) is 0 Å². The summed E-state index contributed by atoms with van der Waals surface area (Å²) in [6, 6.07) is 0. The maximum Gasteiger partial charge on any atom is 0.254 e. The molecule has 0 fully saturated rings. The topological polar surface area (TPSA) is 19.7 Å². The van der Waals surface area contributed by atoms with E-state index in [0.29, 0.717) is 0 Å². The van der Waals surface area contributed by atoms with E-state index in [0.717, 1.165) is 5.92 Å². The lowest BCUT2D eigenvalue weighted by Crippen LogP contribution is -2.36. The summed E-state index contributed by atoms with van der Waals surface area (Å²) in [5.74, 6) is 2.20. The number of nitrogens with zero attached hydrogens (tertiary/aromatic N) is 1. The number of rotatable bonds is 20. The van der Waals surface area contributed by atoms with Gasteiger partial charge in [0.2, 0.25) is 0 Å². The molecule has 2 nitrogen and oxygen atoms in total. The van der Waals surface area contributed by atoms with Crippen molar-refractivity contribution >= 4 is 0 Å². The highest BCUT2D eigenvalue weighted by Gasteiger charge is 2.10. The fourth-order valence-electron chi connectivity index (χ4n) is 4.08. The number of imidazole rings is 1. The summed E-state index contributed by atoms with van der Waals surface area (Å²) in [5.41, 5.74) is 0. The standard InChI is InChI=1S/C26H50N2/c1-4-5-6-7-8-9-10-11-12-13-14-15-16-17-18-19-23-28-24-22-27-26(28)21-20-25(2)3/h22,24-25H,4-21,23H2,1-3H3/p+1. The largest absolute Gasteiger partial charge is 0.254 e. The van der Waals surface area contributed by atoms with E-state index in [1.807, 2.05) is 0 Å². The third-order valence-electron chi connectivity index (χ3n) is 6.06. The number of H-pyrrole nitrogens is 1. The Balaban J connectivity index is 1.83. The van der Waals surface area contributed by atoms with Crippen LogP contribution >= 0.6 is 0 Å². The molecule has 0 saturated carbocycles. The SMILES string of the molecule is CCCCCCCCCCCCCCCCCC[n+]1cc[nH]c1CCC(C)C. The Hall–Kier alpha value is -0.790. The van der Waals surface area contributed by atoms with Crippen molar-refractivity contribution < 1.29 is 4.57 Å². The third kappa shape index (κ3) is 14.2. The summed E-state index contributed by atoms with van der Waals surface area (Å²) in [6.45, 7) is 8.11. The monoisotopic (exact) mass is 391 g/mol. The summed E-state index contributed by atoms with van der Waals surface area (Å²) in [7, 11) is 0. The van der Waals surface area contributed by atoms with Crippen LogP contribution in [0.25, 0.3) is 0 Å². The van der Waals surface area contributed by atoms with Gasteiger partial charge in [-0.1, -0.05) is 111 Å². The molecule has 164 valence electrons. The summed E-state index contributed by atoms with van der Waals surface area (Å²) < 4.78 is 2.44. The quantitative estimate of drug-likeness (QED) is 0.171. The van der Waals surface area contributed by atoms with E-state index >= 15 is 0 Å². The molecular weight excluding hydrogens is 340 g/mol. The molecule has 0 aliphatic carbocycles. The average Bonchev–Trinajstić information content (AvgIpc) is 3.13. The summed E-state index contributed by atoms with van der Waals surface area (Å²) in [4.78, 5) is 3.43. The Bertz CT molecular complexity index is 435. The predicted octanol–water partition coefficient (Wildman–Crippen LogP) is 8.15. The molecule has 0 aliphatic heterocycles. The summed E-state index contributed by atoms with van der Waals surface area (Å²) in [6.07, 6.45) is 29.8. The Labute approximate surface area is 176 Å². The van der Waals surface area contributed by atoms with Crippen LogP contribution in [-0.4, -0.2) is 4.98 Å². The van der Waals surface area contributed by atoms with E-state index < -0.39 is 0 Å². The zero-order valence-electron chi connectivity index (χ0n) is 19.6. The minimum atomic E-state index is 0.785. The highest BCUT2D eigenvalue weighted by atomic mass is 15.1. The first kappa shape index (κ1) is 25.2. The predicted molar refractivity (Wildman–Crippen MR) is 124 cm³/mol. The summed E-state index contributed by atoms with van der Waals surface area (Å²) >= 11 is 0. The fourth-order valence-corrected chi connectivity index (χ4v) is 4.08. The van der Waals surface area contributed by atoms with Crippen molar-refractivity contribution in [2.24, 2.45) is 5.92 Å². The van der Waals surface area contributed by atoms with Gasteiger partial charge < -0.3 is 0 Å². The van der Waals surface area contributed by atoms with Gasteiger partial charge in [-0.3, -0.25) is 0 Å². The lowest BCUT2D eigenvalue weighted by Gasteiger charge is -2.04. The molecule has 1 aromatic heterocycles. The molecular formula is C26H51N2+. The number of unbranched alkanes of at least 4 members (excludes halogenated alkanes) is 15. The fraction of sp³-hybridized carbons (Fsp3) is 0.885. The molecule has 0 atom stereocenters. The van der Waals surface area contributed by atoms with Crippen molar-refractivity contribution in [3.05, 3.63) is 18.2 Å². The summed E-state index contributed by atoms with van der Waals surface area (Å²) in [5, 5.41) is 0. The van der Waals surface area contributed by atoms with Gasteiger partial charge in [-0.15, -0.1) is 0 Å². The molecule has 0 unspecified atom stereocenters.